The Morgan fingerprint density at radius 1 is 1.61 bits per heavy atom. The molecule has 2 rings (SSSR count). The smallest absolute Gasteiger partial charge is 0.242 e. The summed E-state index contributed by atoms with van der Waals surface area (Å²) in [5.74, 6) is 2.63. The lowest BCUT2D eigenvalue weighted by molar-refractivity contribution is 0.545. The minimum atomic E-state index is -3.55. The number of hydrogen-bond donors (Lipinski definition) is 2. The van der Waals surface area contributed by atoms with E-state index in [4.69, 9.17) is 17.3 Å². The van der Waals surface area contributed by atoms with Crippen molar-refractivity contribution in [3.05, 3.63) is 17.3 Å². The van der Waals surface area contributed by atoms with Crippen LogP contribution in [0.3, 0.4) is 0 Å². The minimum Gasteiger partial charge on any atom is -0.382 e. The van der Waals surface area contributed by atoms with Gasteiger partial charge in [-0.3, -0.25) is 0 Å². The summed E-state index contributed by atoms with van der Waals surface area (Å²) in [4.78, 5) is 3.80. The number of thioether (sulfide) groups is 1. The lowest BCUT2D eigenvalue weighted by atomic mass is 10.1. The monoisotopic (exact) mass is 307 g/mol. The Labute approximate surface area is 116 Å². The van der Waals surface area contributed by atoms with E-state index < -0.39 is 10.0 Å². The normalized spacial score (nSPS) is 20.2. The van der Waals surface area contributed by atoms with E-state index in [1.54, 1.807) is 0 Å². The summed E-state index contributed by atoms with van der Waals surface area (Å²) in [6, 6.07) is 1.32. The summed E-state index contributed by atoms with van der Waals surface area (Å²) in [6.45, 7) is 0.456. The van der Waals surface area contributed by atoms with Gasteiger partial charge in [-0.15, -0.1) is 0 Å². The quantitative estimate of drug-likeness (QED) is 0.877. The third-order valence-electron chi connectivity index (χ3n) is 2.74. The number of halogens is 1. The number of sulfonamides is 1. The zero-order valence-electron chi connectivity index (χ0n) is 9.60. The maximum Gasteiger partial charge on any atom is 0.242 e. The van der Waals surface area contributed by atoms with Gasteiger partial charge < -0.3 is 5.73 Å². The molecule has 0 radical (unpaired) electrons. The van der Waals surface area contributed by atoms with Crippen molar-refractivity contribution in [2.75, 3.05) is 23.8 Å². The van der Waals surface area contributed by atoms with Crippen LogP contribution >= 0.6 is 23.4 Å². The summed E-state index contributed by atoms with van der Waals surface area (Å²) in [5.41, 5.74) is 5.44. The Morgan fingerprint density at radius 3 is 3.00 bits per heavy atom. The van der Waals surface area contributed by atoms with Gasteiger partial charge in [-0.2, -0.15) is 11.8 Å². The third-order valence-corrected chi connectivity index (χ3v) is 5.67. The maximum atomic E-state index is 12.0. The van der Waals surface area contributed by atoms with Crippen molar-refractivity contribution in [2.24, 2.45) is 5.92 Å². The van der Waals surface area contributed by atoms with Crippen molar-refractivity contribution in [3.63, 3.8) is 0 Å². The number of pyridine rings is 1. The molecule has 1 saturated heterocycles. The van der Waals surface area contributed by atoms with Gasteiger partial charge in [0, 0.05) is 12.7 Å². The standard InChI is InChI=1S/C10H14ClN3O2S2/c11-9-3-8(5-13-10(9)12)18(15,16)14-4-7-1-2-17-6-7/h3,5,7,14H,1-2,4,6H2,(H2,12,13). The SMILES string of the molecule is Nc1ncc(S(=O)(=O)NCC2CCSC2)cc1Cl. The number of aromatic nitrogens is 1. The molecule has 1 aromatic rings. The Bertz CT molecular complexity index is 530. The van der Waals surface area contributed by atoms with Crippen LogP contribution in [-0.4, -0.2) is 31.5 Å². The van der Waals surface area contributed by atoms with E-state index in [0.29, 0.717) is 12.5 Å². The summed E-state index contributed by atoms with van der Waals surface area (Å²) in [7, 11) is -3.55. The van der Waals surface area contributed by atoms with Gasteiger partial charge in [-0.1, -0.05) is 11.6 Å². The number of nitrogens with two attached hydrogens (primary N) is 1. The molecular weight excluding hydrogens is 294 g/mol. The molecule has 0 aliphatic carbocycles. The van der Waals surface area contributed by atoms with E-state index in [0.717, 1.165) is 17.9 Å². The molecule has 1 fully saturated rings. The van der Waals surface area contributed by atoms with Gasteiger partial charge in [0.1, 0.15) is 10.7 Å². The molecule has 18 heavy (non-hydrogen) atoms. The van der Waals surface area contributed by atoms with E-state index in [1.807, 2.05) is 11.8 Å². The Hall–Kier alpha value is -0.500. The highest BCUT2D eigenvalue weighted by Gasteiger charge is 2.20. The van der Waals surface area contributed by atoms with Crippen LogP contribution < -0.4 is 10.5 Å². The average Bonchev–Trinajstić information content (AvgIpc) is 2.83. The van der Waals surface area contributed by atoms with Gasteiger partial charge in [0.15, 0.2) is 0 Å². The van der Waals surface area contributed by atoms with Crippen LogP contribution in [0.5, 0.6) is 0 Å². The molecule has 5 nitrogen and oxygen atoms in total. The van der Waals surface area contributed by atoms with Crippen LogP contribution in [0.25, 0.3) is 0 Å². The summed E-state index contributed by atoms with van der Waals surface area (Å²) < 4.78 is 26.6. The fourth-order valence-electron chi connectivity index (χ4n) is 1.63. The van der Waals surface area contributed by atoms with Crippen molar-refractivity contribution in [2.45, 2.75) is 11.3 Å². The number of anilines is 1. The van der Waals surface area contributed by atoms with Gasteiger partial charge >= 0.3 is 0 Å². The number of hydrogen-bond acceptors (Lipinski definition) is 5. The molecule has 1 aliphatic heterocycles. The van der Waals surface area contributed by atoms with Gasteiger partial charge in [0.05, 0.1) is 5.02 Å². The molecule has 2 heterocycles. The number of nitrogen functional groups attached to an aromatic ring is 1. The van der Waals surface area contributed by atoms with E-state index >= 15 is 0 Å². The minimum absolute atomic E-state index is 0.0485. The predicted molar refractivity (Wildman–Crippen MR) is 74.3 cm³/mol. The largest absolute Gasteiger partial charge is 0.382 e. The molecule has 1 aliphatic rings. The van der Waals surface area contributed by atoms with E-state index in [1.165, 1.54) is 12.3 Å². The molecule has 0 spiro atoms. The van der Waals surface area contributed by atoms with Crippen molar-refractivity contribution in [1.29, 1.82) is 0 Å². The lowest BCUT2D eigenvalue weighted by Gasteiger charge is -2.11. The van der Waals surface area contributed by atoms with E-state index in [-0.39, 0.29) is 15.7 Å². The van der Waals surface area contributed by atoms with Gasteiger partial charge in [-0.05, 0) is 29.9 Å². The molecule has 8 heteroatoms. The molecule has 1 unspecified atom stereocenters. The molecule has 0 saturated carbocycles. The number of nitrogens with one attached hydrogen (secondary N) is 1. The van der Waals surface area contributed by atoms with Crippen LogP contribution in [0.1, 0.15) is 6.42 Å². The first-order valence-corrected chi connectivity index (χ1v) is 8.49. The molecule has 0 amide bonds. The van der Waals surface area contributed by atoms with Crippen LogP contribution in [0, 0.1) is 5.92 Å². The second-order valence-electron chi connectivity index (χ2n) is 4.12. The summed E-state index contributed by atoms with van der Waals surface area (Å²) in [5, 5.41) is 0.147. The number of rotatable bonds is 4. The Kier molecular flexibility index (Phi) is 4.37. The average molecular weight is 308 g/mol. The van der Waals surface area contributed by atoms with Gasteiger partial charge in [0.2, 0.25) is 10.0 Å². The van der Waals surface area contributed by atoms with Crippen LogP contribution in [-0.2, 0) is 10.0 Å². The molecule has 1 aromatic heterocycles. The first-order valence-electron chi connectivity index (χ1n) is 5.47. The topological polar surface area (TPSA) is 85.1 Å². The van der Waals surface area contributed by atoms with Crippen molar-refractivity contribution in [3.8, 4) is 0 Å². The molecule has 0 aromatic carbocycles. The van der Waals surface area contributed by atoms with E-state index in [9.17, 15) is 8.42 Å². The van der Waals surface area contributed by atoms with Gasteiger partial charge in [0.25, 0.3) is 0 Å². The maximum absolute atomic E-state index is 12.0. The Balaban J connectivity index is 2.07. The fourth-order valence-corrected chi connectivity index (χ4v) is 4.23. The van der Waals surface area contributed by atoms with Crippen molar-refractivity contribution >= 4 is 39.2 Å². The molecule has 3 N–H and O–H groups in total. The highest BCUT2D eigenvalue weighted by molar-refractivity contribution is 7.99. The predicted octanol–water partition coefficient (Wildman–Crippen LogP) is 1.35. The summed E-state index contributed by atoms with van der Waals surface area (Å²) in [6.07, 6.45) is 2.26. The third kappa shape index (κ3) is 3.28. The first-order chi connectivity index (χ1) is 8.49. The van der Waals surface area contributed by atoms with Crippen LogP contribution in [0.15, 0.2) is 17.2 Å². The molecule has 100 valence electrons. The second-order valence-corrected chi connectivity index (χ2v) is 7.44. The fraction of sp³-hybridized carbons (Fsp3) is 0.500. The van der Waals surface area contributed by atoms with Gasteiger partial charge in [-0.25, -0.2) is 18.1 Å². The van der Waals surface area contributed by atoms with Crippen molar-refractivity contribution < 1.29 is 8.42 Å². The molecule has 1 atom stereocenters. The second kappa shape index (κ2) is 5.64. The zero-order chi connectivity index (χ0) is 13.2. The number of nitrogens with zero attached hydrogens (tertiary/aromatic N) is 1. The highest BCUT2D eigenvalue weighted by Crippen LogP contribution is 2.24. The molecular formula is C10H14ClN3O2S2. The molecule has 0 bridgehead atoms. The summed E-state index contributed by atoms with van der Waals surface area (Å²) >= 11 is 7.61. The first kappa shape index (κ1) is 13.9. The zero-order valence-corrected chi connectivity index (χ0v) is 12.0. The Morgan fingerprint density at radius 2 is 2.39 bits per heavy atom. The van der Waals surface area contributed by atoms with E-state index in [2.05, 4.69) is 9.71 Å². The van der Waals surface area contributed by atoms with Crippen LogP contribution in [0.2, 0.25) is 5.02 Å². The highest BCUT2D eigenvalue weighted by atomic mass is 35.5. The van der Waals surface area contributed by atoms with Crippen LogP contribution in [0.4, 0.5) is 5.82 Å². The lowest BCUT2D eigenvalue weighted by Crippen LogP contribution is -2.29. The van der Waals surface area contributed by atoms with Crippen molar-refractivity contribution in [1.82, 2.24) is 9.71 Å².